The zero-order valence-electron chi connectivity index (χ0n) is 18.4. The Morgan fingerprint density at radius 1 is 1.13 bits per heavy atom. The van der Waals surface area contributed by atoms with Crippen molar-refractivity contribution in [3.8, 4) is 0 Å². The zero-order valence-corrected chi connectivity index (χ0v) is 19.9. The largest absolute Gasteiger partial charge is 0.481 e. The number of benzene rings is 2. The first kappa shape index (κ1) is 22.4. The van der Waals surface area contributed by atoms with Crippen LogP contribution in [0.25, 0.3) is 0 Å². The highest BCUT2D eigenvalue weighted by Gasteiger charge is 2.32. The van der Waals surface area contributed by atoms with Crippen LogP contribution in [0.4, 0.5) is 5.69 Å². The highest BCUT2D eigenvalue weighted by Crippen LogP contribution is 2.40. The normalized spacial score (nSPS) is 22.4. The third-order valence-corrected chi connectivity index (χ3v) is 7.66. The molecule has 4 nitrogen and oxygen atoms in total. The Bertz CT molecular complexity index is 944. The summed E-state index contributed by atoms with van der Waals surface area (Å²) >= 11 is 12.7. The molecule has 0 spiro atoms. The summed E-state index contributed by atoms with van der Waals surface area (Å²) in [7, 11) is 0. The summed E-state index contributed by atoms with van der Waals surface area (Å²) in [4.78, 5) is 16.0. The SMILES string of the molecule is Cc1cc(C2CN(c3c(Cl)cccc3Cl)C2)cc(C)c1CN1CCC(C(=O)O)CC1C. The summed E-state index contributed by atoms with van der Waals surface area (Å²) in [6.45, 7) is 10.1. The standard InChI is InChI=1S/C25H30Cl2N2O2/c1-15-9-19(20-12-29(13-20)24-22(26)5-4-6-23(24)27)10-16(2)21(15)14-28-8-7-18(25(30)31)11-17(28)3/h4-6,9-10,17-18,20H,7-8,11-14H2,1-3H3,(H,30,31). The maximum absolute atomic E-state index is 11.3. The highest BCUT2D eigenvalue weighted by atomic mass is 35.5. The fourth-order valence-electron chi connectivity index (χ4n) is 5.06. The number of carboxylic acid groups (broad SMARTS) is 1. The van der Waals surface area contributed by atoms with Crippen molar-refractivity contribution in [1.29, 1.82) is 0 Å². The second-order valence-electron chi connectivity index (χ2n) is 9.18. The molecular formula is C25H30Cl2N2O2. The van der Waals surface area contributed by atoms with Gasteiger partial charge in [0, 0.05) is 31.6 Å². The molecule has 0 bridgehead atoms. The number of rotatable bonds is 5. The molecular weight excluding hydrogens is 431 g/mol. The first-order valence-corrected chi connectivity index (χ1v) is 11.8. The van der Waals surface area contributed by atoms with Gasteiger partial charge < -0.3 is 10.0 Å². The van der Waals surface area contributed by atoms with E-state index in [0.29, 0.717) is 16.0 Å². The minimum absolute atomic E-state index is 0.205. The van der Waals surface area contributed by atoms with E-state index in [2.05, 4.69) is 42.7 Å². The van der Waals surface area contributed by atoms with E-state index in [4.69, 9.17) is 23.2 Å². The summed E-state index contributed by atoms with van der Waals surface area (Å²) in [5.74, 6) is -0.385. The van der Waals surface area contributed by atoms with Crippen LogP contribution in [0.5, 0.6) is 0 Å². The van der Waals surface area contributed by atoms with Gasteiger partial charge in [-0.05, 0) is 74.5 Å². The van der Waals surface area contributed by atoms with Crippen molar-refractivity contribution >= 4 is 34.9 Å². The van der Waals surface area contributed by atoms with Gasteiger partial charge >= 0.3 is 5.97 Å². The van der Waals surface area contributed by atoms with Gasteiger partial charge in [0.05, 0.1) is 21.7 Å². The lowest BCUT2D eigenvalue weighted by atomic mass is 9.86. The monoisotopic (exact) mass is 460 g/mol. The predicted molar refractivity (Wildman–Crippen MR) is 128 cm³/mol. The zero-order chi connectivity index (χ0) is 22.3. The number of hydrogen-bond donors (Lipinski definition) is 1. The minimum atomic E-state index is -0.657. The second-order valence-corrected chi connectivity index (χ2v) is 10.00. The van der Waals surface area contributed by atoms with Gasteiger partial charge in [-0.1, -0.05) is 41.4 Å². The second kappa shape index (κ2) is 9.01. The number of hydrogen-bond acceptors (Lipinski definition) is 3. The quantitative estimate of drug-likeness (QED) is 0.602. The molecule has 2 aromatic carbocycles. The number of halogens is 2. The Hall–Kier alpha value is -1.75. The van der Waals surface area contributed by atoms with Crippen LogP contribution < -0.4 is 4.90 Å². The Morgan fingerprint density at radius 2 is 1.74 bits per heavy atom. The highest BCUT2D eigenvalue weighted by molar-refractivity contribution is 6.39. The van der Waals surface area contributed by atoms with Crippen molar-refractivity contribution in [2.24, 2.45) is 5.92 Å². The van der Waals surface area contributed by atoms with E-state index in [1.54, 1.807) is 0 Å². The van der Waals surface area contributed by atoms with Crippen molar-refractivity contribution in [2.75, 3.05) is 24.5 Å². The van der Waals surface area contributed by atoms with Crippen molar-refractivity contribution in [3.05, 3.63) is 62.6 Å². The molecule has 2 aromatic rings. The molecule has 2 aliphatic rings. The van der Waals surface area contributed by atoms with E-state index >= 15 is 0 Å². The summed E-state index contributed by atoms with van der Waals surface area (Å²) in [6, 6.07) is 10.6. The van der Waals surface area contributed by atoms with Gasteiger partial charge in [0.15, 0.2) is 0 Å². The molecule has 2 unspecified atom stereocenters. The molecule has 0 radical (unpaired) electrons. The number of carboxylic acids is 1. The predicted octanol–water partition coefficient (Wildman–Crippen LogP) is 5.90. The molecule has 6 heteroatoms. The lowest BCUT2D eigenvalue weighted by Crippen LogP contribution is -2.45. The summed E-state index contributed by atoms with van der Waals surface area (Å²) in [5, 5.41) is 10.7. The molecule has 166 valence electrons. The van der Waals surface area contributed by atoms with Crippen LogP contribution in [0.3, 0.4) is 0 Å². The fourth-order valence-corrected chi connectivity index (χ4v) is 5.69. The number of likely N-dealkylation sites (tertiary alicyclic amines) is 1. The summed E-state index contributed by atoms with van der Waals surface area (Å²) < 4.78 is 0. The Morgan fingerprint density at radius 3 is 2.29 bits per heavy atom. The van der Waals surface area contributed by atoms with Crippen LogP contribution in [0.1, 0.15) is 47.9 Å². The summed E-state index contributed by atoms with van der Waals surface area (Å²) in [5.41, 5.74) is 6.31. The van der Waals surface area contributed by atoms with Crippen LogP contribution in [-0.2, 0) is 11.3 Å². The van der Waals surface area contributed by atoms with Crippen molar-refractivity contribution in [1.82, 2.24) is 4.90 Å². The van der Waals surface area contributed by atoms with Gasteiger partial charge in [-0.25, -0.2) is 0 Å². The molecule has 0 aliphatic carbocycles. The first-order chi connectivity index (χ1) is 14.7. The van der Waals surface area contributed by atoms with E-state index in [-0.39, 0.29) is 12.0 Å². The lowest BCUT2D eigenvalue weighted by Gasteiger charge is -2.42. The number of carbonyl (C=O) groups is 1. The average Bonchev–Trinajstić information content (AvgIpc) is 2.66. The van der Waals surface area contributed by atoms with Gasteiger partial charge in [-0.2, -0.15) is 0 Å². The number of piperidine rings is 1. The first-order valence-electron chi connectivity index (χ1n) is 11.0. The minimum Gasteiger partial charge on any atom is -0.481 e. The van der Waals surface area contributed by atoms with Gasteiger partial charge in [0.2, 0.25) is 0 Å². The van der Waals surface area contributed by atoms with E-state index in [0.717, 1.165) is 44.7 Å². The van der Waals surface area contributed by atoms with Crippen LogP contribution in [-0.4, -0.2) is 41.7 Å². The number of para-hydroxylation sites is 1. The van der Waals surface area contributed by atoms with Gasteiger partial charge in [0.25, 0.3) is 0 Å². The molecule has 4 rings (SSSR count). The number of nitrogens with zero attached hydrogens (tertiary/aromatic N) is 2. The van der Waals surface area contributed by atoms with E-state index in [9.17, 15) is 9.90 Å². The average molecular weight is 461 g/mol. The Balaban J connectivity index is 1.43. The molecule has 2 heterocycles. The molecule has 0 saturated carbocycles. The lowest BCUT2D eigenvalue weighted by molar-refractivity contribution is -0.144. The molecule has 2 atom stereocenters. The molecule has 1 N–H and O–H groups in total. The van der Waals surface area contributed by atoms with Gasteiger partial charge in [-0.3, -0.25) is 9.69 Å². The summed E-state index contributed by atoms with van der Waals surface area (Å²) in [6.07, 6.45) is 1.46. The molecule has 31 heavy (non-hydrogen) atoms. The smallest absolute Gasteiger partial charge is 0.306 e. The Kier molecular flexibility index (Phi) is 6.52. The number of anilines is 1. The molecule has 2 fully saturated rings. The fraction of sp³-hybridized carbons (Fsp3) is 0.480. The van der Waals surface area contributed by atoms with E-state index < -0.39 is 5.97 Å². The Labute approximate surface area is 194 Å². The van der Waals surface area contributed by atoms with Crippen molar-refractivity contribution in [3.63, 3.8) is 0 Å². The van der Waals surface area contributed by atoms with E-state index in [1.807, 2.05) is 18.2 Å². The third kappa shape index (κ3) is 4.57. The van der Waals surface area contributed by atoms with Crippen LogP contribution in [0.2, 0.25) is 10.0 Å². The van der Waals surface area contributed by atoms with Crippen molar-refractivity contribution in [2.45, 2.75) is 52.1 Å². The molecule has 0 amide bonds. The number of aryl methyl sites for hydroxylation is 2. The third-order valence-electron chi connectivity index (χ3n) is 7.05. The number of aliphatic carboxylic acids is 1. The van der Waals surface area contributed by atoms with Crippen molar-refractivity contribution < 1.29 is 9.90 Å². The van der Waals surface area contributed by atoms with Gasteiger partial charge in [-0.15, -0.1) is 0 Å². The maximum Gasteiger partial charge on any atom is 0.306 e. The van der Waals surface area contributed by atoms with Crippen LogP contribution in [0.15, 0.2) is 30.3 Å². The molecule has 2 aliphatic heterocycles. The molecule has 0 aromatic heterocycles. The maximum atomic E-state index is 11.3. The van der Waals surface area contributed by atoms with Crippen LogP contribution in [0, 0.1) is 19.8 Å². The van der Waals surface area contributed by atoms with E-state index in [1.165, 1.54) is 22.3 Å². The van der Waals surface area contributed by atoms with Crippen LogP contribution >= 0.6 is 23.2 Å². The van der Waals surface area contributed by atoms with Gasteiger partial charge in [0.1, 0.15) is 0 Å². The topological polar surface area (TPSA) is 43.8 Å². The molecule has 2 saturated heterocycles.